The molecule has 56 heavy (non-hydrogen) atoms. The van der Waals surface area contributed by atoms with Crippen molar-refractivity contribution in [1.82, 2.24) is 15.0 Å². The molecule has 0 atom stereocenters. The van der Waals surface area contributed by atoms with E-state index in [-0.39, 0.29) is 0 Å². The van der Waals surface area contributed by atoms with Gasteiger partial charge in [0.25, 0.3) is 0 Å². The van der Waals surface area contributed by atoms with Crippen molar-refractivity contribution in [3.63, 3.8) is 0 Å². The predicted octanol–water partition coefficient (Wildman–Crippen LogP) is 13.7. The fourth-order valence-corrected chi connectivity index (χ4v) is 7.84. The minimum absolute atomic E-state index is 0.672. The third-order valence-electron chi connectivity index (χ3n) is 10.6. The number of rotatable bonds is 6. The summed E-state index contributed by atoms with van der Waals surface area (Å²) < 4.78 is 13.0. The fourth-order valence-electron chi connectivity index (χ4n) is 7.84. The molecule has 262 valence electrons. The lowest BCUT2D eigenvalue weighted by Gasteiger charge is -2.11. The Morgan fingerprint density at radius 1 is 0.339 bits per heavy atom. The molecule has 0 aliphatic carbocycles. The Morgan fingerprint density at radius 2 is 0.964 bits per heavy atom. The van der Waals surface area contributed by atoms with E-state index < -0.39 is 0 Å². The second-order valence-electron chi connectivity index (χ2n) is 14.0. The van der Waals surface area contributed by atoms with E-state index in [0.29, 0.717) is 5.82 Å². The molecule has 0 radical (unpaired) electrons. The normalized spacial score (nSPS) is 11.6. The van der Waals surface area contributed by atoms with Crippen molar-refractivity contribution in [2.45, 2.75) is 0 Å². The number of pyridine rings is 1. The third-order valence-corrected chi connectivity index (χ3v) is 10.6. The van der Waals surface area contributed by atoms with E-state index in [4.69, 9.17) is 18.8 Å². The number of hydrogen-bond acceptors (Lipinski definition) is 5. The van der Waals surface area contributed by atoms with Gasteiger partial charge in [-0.1, -0.05) is 127 Å². The molecule has 7 aromatic carbocycles. The topological polar surface area (TPSA) is 65.0 Å². The summed E-state index contributed by atoms with van der Waals surface area (Å²) >= 11 is 0. The number of fused-ring (bicyclic) bond motifs is 6. The zero-order chi connectivity index (χ0) is 37.0. The van der Waals surface area contributed by atoms with Crippen LogP contribution in [0.5, 0.6) is 0 Å². The summed E-state index contributed by atoms with van der Waals surface area (Å²) in [5.41, 5.74) is 14.3. The highest BCUT2D eigenvalue weighted by molar-refractivity contribution is 6.17. The van der Waals surface area contributed by atoms with Crippen LogP contribution in [0.25, 0.3) is 111 Å². The predicted molar refractivity (Wildman–Crippen MR) is 227 cm³/mol. The van der Waals surface area contributed by atoms with Gasteiger partial charge < -0.3 is 8.83 Å². The van der Waals surface area contributed by atoms with Crippen LogP contribution < -0.4 is 0 Å². The minimum Gasteiger partial charge on any atom is -0.456 e. The highest BCUT2D eigenvalue weighted by Gasteiger charge is 2.19. The van der Waals surface area contributed by atoms with Gasteiger partial charge in [-0.3, -0.25) is 4.98 Å². The van der Waals surface area contributed by atoms with Crippen LogP contribution in [0.3, 0.4) is 0 Å². The maximum Gasteiger partial charge on any atom is 0.160 e. The van der Waals surface area contributed by atoms with Gasteiger partial charge in [-0.25, -0.2) is 9.97 Å². The summed E-state index contributed by atoms with van der Waals surface area (Å²) in [6.07, 6.45) is 1.82. The standard InChI is InChI=1S/C51H31N3O2/c1-2-11-34(12-3-1)51-53-44(31-45(54-51)37-14-10-13-36(29-37)43-17-8-9-28-52-43)33-22-20-32(21-23-33)39-27-26-38(49-42-16-5-7-19-47(42)56-50(39)49)35-24-25-41-40-15-4-6-18-46(40)55-48(41)30-35/h1-31H. The number of hydrogen-bond donors (Lipinski definition) is 0. The molecule has 0 amide bonds. The Labute approximate surface area is 322 Å². The van der Waals surface area contributed by atoms with Crippen LogP contribution in [0.2, 0.25) is 0 Å². The van der Waals surface area contributed by atoms with E-state index in [1.807, 2.05) is 79.0 Å². The molecule has 0 unspecified atom stereocenters. The lowest BCUT2D eigenvalue weighted by molar-refractivity contribution is 0.668. The summed E-state index contributed by atoms with van der Waals surface area (Å²) in [5.74, 6) is 0.672. The SMILES string of the molecule is c1ccc(-c2nc(-c3ccc(-c4ccc(-c5ccc6c(c5)oc5ccccc56)c5c4oc4ccccc45)cc3)cc(-c3cccc(-c4ccccn4)c3)n2)cc1. The van der Waals surface area contributed by atoms with E-state index in [1.165, 1.54) is 0 Å². The number of aromatic nitrogens is 3. The summed E-state index contributed by atoms with van der Waals surface area (Å²) in [4.78, 5) is 14.7. The van der Waals surface area contributed by atoms with Gasteiger partial charge in [0.15, 0.2) is 5.82 Å². The molecule has 5 heteroatoms. The molecule has 0 aliphatic heterocycles. The summed E-state index contributed by atoms with van der Waals surface area (Å²) in [5, 5.41) is 4.39. The maximum absolute atomic E-state index is 6.67. The lowest BCUT2D eigenvalue weighted by Crippen LogP contribution is -1.96. The fraction of sp³-hybridized carbons (Fsp3) is 0. The zero-order valence-electron chi connectivity index (χ0n) is 30.1. The van der Waals surface area contributed by atoms with E-state index >= 15 is 0 Å². The molecule has 0 bridgehead atoms. The zero-order valence-corrected chi connectivity index (χ0v) is 30.1. The Balaban J connectivity index is 1.01. The van der Waals surface area contributed by atoms with Crippen molar-refractivity contribution in [2.75, 3.05) is 0 Å². The Morgan fingerprint density at radius 3 is 1.77 bits per heavy atom. The Hall–Kier alpha value is -7.63. The van der Waals surface area contributed by atoms with Crippen LogP contribution in [0.4, 0.5) is 0 Å². The molecule has 0 saturated heterocycles. The second-order valence-corrected chi connectivity index (χ2v) is 14.0. The quantitative estimate of drug-likeness (QED) is 0.171. The van der Waals surface area contributed by atoms with Crippen molar-refractivity contribution in [3.05, 3.63) is 188 Å². The maximum atomic E-state index is 6.67. The van der Waals surface area contributed by atoms with Gasteiger partial charge in [0.2, 0.25) is 0 Å². The summed E-state index contributed by atoms with van der Waals surface area (Å²) in [7, 11) is 0. The molecular formula is C51H31N3O2. The van der Waals surface area contributed by atoms with Crippen molar-refractivity contribution >= 4 is 43.9 Å². The minimum atomic E-state index is 0.672. The van der Waals surface area contributed by atoms with Gasteiger partial charge in [0.05, 0.1) is 17.1 Å². The molecule has 11 rings (SSSR count). The van der Waals surface area contributed by atoms with Gasteiger partial charge in [0.1, 0.15) is 22.3 Å². The van der Waals surface area contributed by atoms with Crippen molar-refractivity contribution < 1.29 is 8.83 Å². The van der Waals surface area contributed by atoms with Gasteiger partial charge in [-0.15, -0.1) is 0 Å². The number of nitrogens with zero attached hydrogens (tertiary/aromatic N) is 3. The Kier molecular flexibility index (Phi) is 7.42. The molecule has 4 heterocycles. The summed E-state index contributed by atoms with van der Waals surface area (Å²) in [6, 6.07) is 62.5. The molecule has 4 aromatic heterocycles. The average Bonchev–Trinajstić information content (AvgIpc) is 3.85. The first-order valence-corrected chi connectivity index (χ1v) is 18.7. The first-order valence-electron chi connectivity index (χ1n) is 18.7. The Bertz CT molecular complexity index is 3240. The van der Waals surface area contributed by atoms with E-state index in [0.717, 1.165) is 105 Å². The second kappa shape index (κ2) is 13.0. The van der Waals surface area contributed by atoms with E-state index in [9.17, 15) is 0 Å². The molecule has 0 spiro atoms. The highest BCUT2D eigenvalue weighted by atomic mass is 16.3. The molecule has 0 aliphatic rings. The lowest BCUT2D eigenvalue weighted by atomic mass is 9.93. The monoisotopic (exact) mass is 717 g/mol. The first-order chi connectivity index (χ1) is 27.7. The molecule has 5 nitrogen and oxygen atoms in total. The van der Waals surface area contributed by atoms with Crippen molar-refractivity contribution in [2.24, 2.45) is 0 Å². The first kappa shape index (κ1) is 31.9. The third kappa shape index (κ3) is 5.45. The molecular weight excluding hydrogens is 687 g/mol. The van der Waals surface area contributed by atoms with Crippen molar-refractivity contribution in [3.8, 4) is 67.4 Å². The molecule has 0 N–H and O–H groups in total. The van der Waals surface area contributed by atoms with Crippen LogP contribution in [0.15, 0.2) is 197 Å². The van der Waals surface area contributed by atoms with Gasteiger partial charge in [-0.2, -0.15) is 0 Å². The van der Waals surface area contributed by atoms with Crippen LogP contribution in [0.1, 0.15) is 0 Å². The number of benzene rings is 7. The largest absolute Gasteiger partial charge is 0.456 e. The van der Waals surface area contributed by atoms with Crippen LogP contribution >= 0.6 is 0 Å². The average molecular weight is 718 g/mol. The highest BCUT2D eigenvalue weighted by Crippen LogP contribution is 2.43. The number of para-hydroxylation sites is 2. The molecule has 0 saturated carbocycles. The smallest absolute Gasteiger partial charge is 0.160 e. The molecule has 11 aromatic rings. The van der Waals surface area contributed by atoms with Gasteiger partial charge in [0, 0.05) is 55.6 Å². The number of furan rings is 2. The van der Waals surface area contributed by atoms with Crippen LogP contribution in [-0.4, -0.2) is 15.0 Å². The van der Waals surface area contributed by atoms with Crippen LogP contribution in [-0.2, 0) is 0 Å². The summed E-state index contributed by atoms with van der Waals surface area (Å²) in [6.45, 7) is 0. The van der Waals surface area contributed by atoms with E-state index in [2.05, 4.69) is 114 Å². The van der Waals surface area contributed by atoms with Gasteiger partial charge >= 0.3 is 0 Å². The molecule has 0 fully saturated rings. The van der Waals surface area contributed by atoms with Crippen LogP contribution in [0, 0.1) is 0 Å². The van der Waals surface area contributed by atoms with Crippen molar-refractivity contribution in [1.29, 1.82) is 0 Å². The van der Waals surface area contributed by atoms with Gasteiger partial charge in [-0.05, 0) is 71.3 Å². The van der Waals surface area contributed by atoms with E-state index in [1.54, 1.807) is 0 Å².